The van der Waals surface area contributed by atoms with Crippen LogP contribution in [0.15, 0.2) is 10.2 Å². The van der Waals surface area contributed by atoms with Gasteiger partial charge in [-0.15, -0.1) is 0 Å². The number of amides is 2. The second-order valence-electron chi connectivity index (χ2n) is 5.07. The van der Waals surface area contributed by atoms with E-state index in [-0.39, 0.29) is 6.15 Å². The summed E-state index contributed by atoms with van der Waals surface area (Å²) in [6.45, 7) is 0. The summed E-state index contributed by atoms with van der Waals surface area (Å²) in [4.78, 5) is 25.0. The van der Waals surface area contributed by atoms with Crippen molar-refractivity contribution in [2.75, 3.05) is 0 Å². The van der Waals surface area contributed by atoms with E-state index in [2.05, 4.69) is 21.7 Å². The largest absolute Gasteiger partial charge is 0.365 e. The zero-order valence-corrected chi connectivity index (χ0v) is 15.4. The Balaban J connectivity index is 0.000000602. The van der Waals surface area contributed by atoms with Gasteiger partial charge in [-0.2, -0.15) is 0 Å². The SMILES string of the molecule is N.[N-]=[N+]=Nc1c(F)c(F)c(C(N)=O)c(F)c1F.[N-]=[N+]=Nc1c(F)c(F)c(C(N)=O)c(F)c1F. The van der Waals surface area contributed by atoms with Crippen molar-refractivity contribution in [3.05, 3.63) is 78.6 Å². The molecular weight excluding hydrogens is 478 g/mol. The Hall–Kier alpha value is -4.60. The first-order valence-corrected chi connectivity index (χ1v) is 7.24. The van der Waals surface area contributed by atoms with Crippen molar-refractivity contribution < 1.29 is 44.7 Å². The predicted molar refractivity (Wildman–Crippen MR) is 92.2 cm³/mol. The smallest absolute Gasteiger partial charge is 0.254 e. The van der Waals surface area contributed by atoms with Gasteiger partial charge >= 0.3 is 0 Å². The lowest BCUT2D eigenvalue weighted by Gasteiger charge is -2.05. The molecule has 7 N–H and O–H groups in total. The number of primary amides is 2. The van der Waals surface area contributed by atoms with Gasteiger partial charge in [-0.3, -0.25) is 9.59 Å². The summed E-state index contributed by atoms with van der Waals surface area (Å²) in [6.07, 6.45) is 0. The van der Waals surface area contributed by atoms with Crippen molar-refractivity contribution in [3.63, 3.8) is 0 Å². The van der Waals surface area contributed by atoms with Crippen LogP contribution in [0.5, 0.6) is 0 Å². The lowest BCUT2D eigenvalue weighted by atomic mass is 10.1. The average Bonchev–Trinajstić information content (AvgIpc) is 2.71. The van der Waals surface area contributed by atoms with E-state index in [9.17, 15) is 44.7 Å². The minimum absolute atomic E-state index is 0. The first-order valence-electron chi connectivity index (χ1n) is 7.24. The van der Waals surface area contributed by atoms with Gasteiger partial charge in [0.1, 0.15) is 22.5 Å². The first-order chi connectivity index (χ1) is 14.8. The highest BCUT2D eigenvalue weighted by Gasteiger charge is 2.28. The van der Waals surface area contributed by atoms with Crippen LogP contribution in [-0.4, -0.2) is 11.8 Å². The molecule has 176 valence electrons. The fourth-order valence-corrected chi connectivity index (χ4v) is 1.94. The number of rotatable bonds is 4. The van der Waals surface area contributed by atoms with Gasteiger partial charge < -0.3 is 17.6 Å². The molecule has 0 bridgehead atoms. The first kappa shape index (κ1) is 28.4. The lowest BCUT2D eigenvalue weighted by molar-refractivity contribution is 0.0981. The zero-order valence-electron chi connectivity index (χ0n) is 15.4. The molecule has 2 rings (SSSR count). The van der Waals surface area contributed by atoms with E-state index in [1.165, 1.54) is 0 Å². The van der Waals surface area contributed by atoms with Crippen LogP contribution >= 0.6 is 0 Å². The normalized spacial score (nSPS) is 9.45. The third-order valence-electron chi connectivity index (χ3n) is 3.26. The molecule has 0 fully saturated rings. The van der Waals surface area contributed by atoms with Gasteiger partial charge in [0, 0.05) is 9.82 Å². The Kier molecular flexibility index (Phi) is 9.59. The summed E-state index contributed by atoms with van der Waals surface area (Å²) in [7, 11) is 0. The molecule has 0 saturated carbocycles. The molecule has 0 aliphatic rings. The summed E-state index contributed by atoms with van der Waals surface area (Å²) < 4.78 is 104. The maximum atomic E-state index is 13.0. The second kappa shape index (κ2) is 11.1. The number of carbonyl (C=O) groups excluding carboxylic acids is 2. The predicted octanol–water partition coefficient (Wildman–Crippen LogP) is 4.73. The minimum Gasteiger partial charge on any atom is -0.365 e. The van der Waals surface area contributed by atoms with Gasteiger partial charge in [0.05, 0.1) is 0 Å². The summed E-state index contributed by atoms with van der Waals surface area (Å²) in [6, 6.07) is 0. The Bertz CT molecular complexity index is 1020. The standard InChI is InChI=1S/2C7H2F4N4O.H3N/c2*8-2-1(7(12)16)3(9)5(11)6(4(2)10)14-15-13;/h2*(H2,12,16);1H3. The molecule has 0 atom stereocenters. The van der Waals surface area contributed by atoms with Crippen molar-refractivity contribution in [2.45, 2.75) is 0 Å². The Morgan fingerprint density at radius 1 is 0.576 bits per heavy atom. The molecule has 0 aliphatic carbocycles. The molecule has 0 unspecified atom stereocenters. The van der Waals surface area contributed by atoms with Crippen LogP contribution in [0.2, 0.25) is 0 Å². The highest BCUT2D eigenvalue weighted by atomic mass is 19.2. The molecule has 0 saturated heterocycles. The zero-order chi connectivity index (χ0) is 24.9. The fourth-order valence-electron chi connectivity index (χ4n) is 1.94. The molecule has 11 nitrogen and oxygen atoms in total. The fraction of sp³-hybridized carbons (Fsp3) is 0. The third-order valence-corrected chi connectivity index (χ3v) is 3.26. The van der Waals surface area contributed by atoms with Gasteiger partial charge in [0.2, 0.25) is 0 Å². The van der Waals surface area contributed by atoms with E-state index in [0.717, 1.165) is 0 Å². The Morgan fingerprint density at radius 3 is 0.939 bits per heavy atom. The van der Waals surface area contributed by atoms with Crippen molar-refractivity contribution in [2.24, 2.45) is 21.7 Å². The molecule has 0 radical (unpaired) electrons. The molecule has 33 heavy (non-hydrogen) atoms. The van der Waals surface area contributed by atoms with Crippen molar-refractivity contribution in [1.29, 1.82) is 0 Å². The minimum atomic E-state index is -2.01. The Labute approximate surface area is 175 Å². The molecule has 0 aromatic heterocycles. The van der Waals surface area contributed by atoms with Gasteiger partial charge in [-0.25, -0.2) is 35.1 Å². The van der Waals surface area contributed by atoms with E-state index < -0.39 is 80.9 Å². The van der Waals surface area contributed by atoms with Crippen LogP contribution in [0.4, 0.5) is 46.5 Å². The van der Waals surface area contributed by atoms with Crippen LogP contribution in [-0.2, 0) is 0 Å². The number of nitrogens with two attached hydrogens (primary N) is 2. The number of benzene rings is 2. The number of hydrogen-bond donors (Lipinski definition) is 3. The topological polar surface area (TPSA) is 219 Å². The van der Waals surface area contributed by atoms with Crippen molar-refractivity contribution in [3.8, 4) is 0 Å². The monoisotopic (exact) mass is 485 g/mol. The van der Waals surface area contributed by atoms with Crippen LogP contribution in [0.3, 0.4) is 0 Å². The lowest BCUT2D eigenvalue weighted by Crippen LogP contribution is -2.18. The number of azide groups is 2. The number of carbonyl (C=O) groups is 2. The summed E-state index contributed by atoms with van der Waals surface area (Å²) in [5, 5.41) is 4.85. The summed E-state index contributed by atoms with van der Waals surface area (Å²) in [5.74, 6) is -19.3. The van der Waals surface area contributed by atoms with Gasteiger partial charge in [-0.05, 0) is 11.1 Å². The molecular formula is C14H7F8N9O2. The quantitative estimate of drug-likeness (QED) is 0.184. The summed E-state index contributed by atoms with van der Waals surface area (Å²) >= 11 is 0. The van der Waals surface area contributed by atoms with Gasteiger partial charge in [-0.1, -0.05) is 10.2 Å². The molecule has 0 heterocycles. The van der Waals surface area contributed by atoms with Crippen LogP contribution in [0.1, 0.15) is 20.7 Å². The third kappa shape index (κ3) is 5.37. The summed E-state index contributed by atoms with van der Waals surface area (Å²) in [5.41, 5.74) is 18.8. The second-order valence-corrected chi connectivity index (χ2v) is 5.07. The van der Waals surface area contributed by atoms with E-state index in [4.69, 9.17) is 11.1 Å². The highest BCUT2D eigenvalue weighted by molar-refractivity contribution is 5.94. The number of halogens is 8. The molecule has 2 aromatic carbocycles. The molecule has 0 spiro atoms. The maximum absolute atomic E-state index is 13.0. The number of nitrogens with zero attached hydrogens (tertiary/aromatic N) is 6. The maximum Gasteiger partial charge on any atom is 0.254 e. The van der Waals surface area contributed by atoms with Crippen LogP contribution < -0.4 is 17.6 Å². The Morgan fingerprint density at radius 2 is 0.788 bits per heavy atom. The molecule has 2 aromatic rings. The van der Waals surface area contributed by atoms with Crippen molar-refractivity contribution in [1.82, 2.24) is 6.15 Å². The number of hydrogen-bond acceptors (Lipinski definition) is 5. The van der Waals surface area contributed by atoms with Crippen molar-refractivity contribution >= 4 is 23.2 Å². The average molecular weight is 485 g/mol. The molecule has 2 amide bonds. The van der Waals surface area contributed by atoms with E-state index in [0.29, 0.717) is 0 Å². The van der Waals surface area contributed by atoms with Crippen LogP contribution in [0.25, 0.3) is 20.9 Å². The van der Waals surface area contributed by atoms with Gasteiger partial charge in [0.25, 0.3) is 11.8 Å². The molecule has 0 aliphatic heterocycles. The van der Waals surface area contributed by atoms with E-state index in [1.807, 2.05) is 9.82 Å². The molecule has 19 heteroatoms. The van der Waals surface area contributed by atoms with Gasteiger partial charge in [0.15, 0.2) is 46.5 Å². The van der Waals surface area contributed by atoms with Crippen LogP contribution in [0, 0.1) is 46.5 Å². The highest BCUT2D eigenvalue weighted by Crippen LogP contribution is 2.31. The van der Waals surface area contributed by atoms with E-state index in [1.54, 1.807) is 0 Å². The van der Waals surface area contributed by atoms with E-state index >= 15 is 0 Å².